The molecule has 39 heteroatoms. The molecule has 514 valence electrons. The second-order valence-electron chi connectivity index (χ2n) is 19.8. The summed E-state index contributed by atoms with van der Waals surface area (Å²) in [6, 6.07) is 6.69. The van der Waals surface area contributed by atoms with Gasteiger partial charge in [0.05, 0.1) is 106 Å². The van der Waals surface area contributed by atoms with Crippen LogP contribution in [0.25, 0.3) is 20.4 Å². The number of anilines is 2. The molecule has 18 N–H and O–H groups in total. The lowest BCUT2D eigenvalue weighted by Gasteiger charge is -2.18. The number of aliphatic imine (C=N–C) groups is 4. The van der Waals surface area contributed by atoms with Crippen LogP contribution < -0.4 is 65.5 Å². The van der Waals surface area contributed by atoms with Crippen LogP contribution in [0.1, 0.15) is 35.7 Å². The van der Waals surface area contributed by atoms with Gasteiger partial charge in [-0.15, -0.1) is 46.2 Å². The van der Waals surface area contributed by atoms with Crippen molar-refractivity contribution in [3.8, 4) is 0 Å². The zero-order valence-electron chi connectivity index (χ0n) is 51.5. The summed E-state index contributed by atoms with van der Waals surface area (Å²) in [5.74, 6) is -5.23. The van der Waals surface area contributed by atoms with Crippen molar-refractivity contribution in [1.29, 1.82) is 0 Å². The lowest BCUT2D eigenvalue weighted by atomic mass is 10.1. The van der Waals surface area contributed by atoms with Crippen molar-refractivity contribution in [3.63, 3.8) is 0 Å². The summed E-state index contributed by atoms with van der Waals surface area (Å²) in [6.45, 7) is 2.14. The highest BCUT2D eigenvalue weighted by atomic mass is 32.2. The van der Waals surface area contributed by atoms with Crippen LogP contribution in [0.5, 0.6) is 0 Å². The second-order valence-corrected chi connectivity index (χ2v) is 23.9. The number of nitrogens with one attached hydrogen (secondary N) is 8. The van der Waals surface area contributed by atoms with Crippen LogP contribution in [0.4, 0.5) is 11.4 Å². The van der Waals surface area contributed by atoms with E-state index in [0.29, 0.717) is 106 Å². The van der Waals surface area contributed by atoms with E-state index in [4.69, 9.17) is 51.4 Å². The van der Waals surface area contributed by atoms with Crippen LogP contribution in [-0.4, -0.2) is 251 Å². The molecule has 94 heavy (non-hydrogen) atoms. The van der Waals surface area contributed by atoms with Gasteiger partial charge in [0.25, 0.3) is 0 Å². The summed E-state index contributed by atoms with van der Waals surface area (Å²) in [7, 11) is 3.14. The number of carbonyl (C=O) groups is 9. The molecule has 4 atom stereocenters. The lowest BCUT2D eigenvalue weighted by Crippen LogP contribution is -2.48. The van der Waals surface area contributed by atoms with E-state index in [2.05, 4.69) is 72.5 Å². The first-order valence-electron chi connectivity index (χ1n) is 29.0. The summed E-state index contributed by atoms with van der Waals surface area (Å²) in [6.07, 6.45) is 1.18. The molecule has 6 rings (SSSR count). The summed E-state index contributed by atoms with van der Waals surface area (Å²) in [4.78, 5) is 136. The molecule has 0 aliphatic carbocycles. The van der Waals surface area contributed by atoms with Crippen molar-refractivity contribution < 1.29 is 81.8 Å². The maximum Gasteiger partial charge on any atom is 0.329 e. The van der Waals surface area contributed by atoms with Gasteiger partial charge in [-0.1, -0.05) is 0 Å². The van der Waals surface area contributed by atoms with Crippen LogP contribution in [-0.2, 0) is 71.6 Å². The number of guanidine groups is 2. The minimum Gasteiger partial charge on any atom is -0.480 e. The summed E-state index contributed by atoms with van der Waals surface area (Å²) >= 11 is 5.31. The van der Waals surface area contributed by atoms with E-state index in [-0.39, 0.29) is 84.0 Å². The maximum atomic E-state index is 13.3. The Kier molecular flexibility index (Phi) is 34.3. The number of ether oxygens (including phenoxy) is 6. The monoisotopic (exact) mass is 1390 g/mol. The molecule has 4 aromatic rings. The van der Waals surface area contributed by atoms with Gasteiger partial charge in [-0.05, 0) is 62.1 Å². The molecule has 0 fully saturated rings. The van der Waals surface area contributed by atoms with Gasteiger partial charge in [0.15, 0.2) is 24.0 Å². The van der Waals surface area contributed by atoms with E-state index in [1.54, 1.807) is 50.6 Å². The average Bonchev–Trinajstić information content (AvgIpc) is 1.67. The topological polar surface area (TPSA) is 525 Å². The lowest BCUT2D eigenvalue weighted by molar-refractivity contribution is -0.138. The number of aliphatic carboxylic acids is 2. The molecule has 7 amide bonds. The van der Waals surface area contributed by atoms with E-state index in [0.717, 1.165) is 9.40 Å². The van der Waals surface area contributed by atoms with Crippen molar-refractivity contribution in [1.82, 2.24) is 41.9 Å². The molecule has 0 saturated carbocycles. The first-order chi connectivity index (χ1) is 45.2. The fourth-order valence-electron chi connectivity index (χ4n) is 7.83. The van der Waals surface area contributed by atoms with E-state index >= 15 is 0 Å². The third-order valence-electron chi connectivity index (χ3n) is 12.4. The van der Waals surface area contributed by atoms with Crippen molar-refractivity contribution in [2.24, 2.45) is 42.9 Å². The van der Waals surface area contributed by atoms with Crippen molar-refractivity contribution in [2.45, 2.75) is 49.9 Å². The van der Waals surface area contributed by atoms with Gasteiger partial charge in [-0.2, -0.15) is 0 Å². The summed E-state index contributed by atoms with van der Waals surface area (Å²) < 4.78 is 32.2. The standard InChI is InChI=1S/C28H39N9O9S2.C27H39N9O8S2/c1-44-7-8-45-9-10-46-14-23(40)33-12-21(38)32-13-22(39)35-18(3-2-6-31-28(29)30)24(41)34-16-4-5-17-20(11-16)48-26(36-17)25-37-19(15-47-25)27(42)43;1-42-7-8-43-9-10-44-15-30-12-21(37)32-13-22(38)34-18(3-2-6-31-27(28)29)23(39)33-16-4-5-17-20(11-16)46-25(35-17)24-36-19(14-45-24)26(40)41/h4-5,11,18-19H,2-3,6-10,12-15H2,1H3,(H,32,38)(H,33,40)(H,34,41)(H,35,39)(H,42,43)(H4,29,30,31);4-5,11,18-19,30H,2-3,6-10,12-15H2,1H3,(H,32,37)(H,33,39)(H,34,38)(H,40,41)(H4,28,29,31)/t2*18-,19+/m00/s1. The van der Waals surface area contributed by atoms with Crippen LogP contribution in [0.15, 0.2) is 56.4 Å². The predicted molar refractivity (Wildman–Crippen MR) is 355 cm³/mol. The third-order valence-corrected chi connectivity index (χ3v) is 16.8. The summed E-state index contributed by atoms with van der Waals surface area (Å²) in [5.41, 5.74) is 23.8. The molecule has 0 spiro atoms. The molecular weight excluding hydrogens is 1310 g/mol. The summed E-state index contributed by atoms with van der Waals surface area (Å²) in [5, 5.41) is 41.7. The number of carboxylic acid groups (broad SMARTS) is 2. The number of thiazole rings is 2. The molecule has 4 heterocycles. The Morgan fingerprint density at radius 3 is 1.40 bits per heavy atom. The van der Waals surface area contributed by atoms with E-state index in [9.17, 15) is 53.4 Å². The van der Waals surface area contributed by atoms with E-state index in [1.165, 1.54) is 46.2 Å². The smallest absolute Gasteiger partial charge is 0.329 e. The molecule has 2 aromatic carbocycles. The molecule has 2 aromatic heterocycles. The fourth-order valence-corrected chi connectivity index (χ4v) is 12.0. The first kappa shape index (κ1) is 76.5. The Balaban J connectivity index is 0.000000341. The molecular formula is C55H78N18O17S4. The number of aromatic nitrogens is 2. The predicted octanol–water partition coefficient (Wildman–Crippen LogP) is -2.31. The highest BCUT2D eigenvalue weighted by Crippen LogP contribution is 2.33. The molecule has 0 saturated heterocycles. The number of rotatable bonds is 42. The fraction of sp³-hybridized carbons (Fsp3) is 0.509. The maximum absolute atomic E-state index is 13.3. The number of carbonyl (C=O) groups excluding carboxylic acids is 7. The third kappa shape index (κ3) is 28.9. The zero-order chi connectivity index (χ0) is 68.2. The van der Waals surface area contributed by atoms with Crippen LogP contribution in [0, 0.1) is 0 Å². The number of hydrogen-bond donors (Lipinski definition) is 14. The minimum atomic E-state index is -0.996. The van der Waals surface area contributed by atoms with Crippen molar-refractivity contribution >= 4 is 153 Å². The van der Waals surface area contributed by atoms with E-state index < -0.39 is 84.0 Å². The molecule has 2 aliphatic heterocycles. The minimum absolute atomic E-state index is 0.0752. The number of carboxylic acids is 2. The highest BCUT2D eigenvalue weighted by molar-refractivity contribution is 8.15. The molecule has 0 bridgehead atoms. The Hall–Kier alpha value is -8.25. The van der Waals surface area contributed by atoms with E-state index in [1.807, 2.05) is 0 Å². The zero-order valence-corrected chi connectivity index (χ0v) is 54.7. The number of amides is 7. The van der Waals surface area contributed by atoms with Gasteiger partial charge < -0.3 is 98.8 Å². The van der Waals surface area contributed by atoms with Crippen LogP contribution in [0.2, 0.25) is 0 Å². The van der Waals surface area contributed by atoms with Gasteiger partial charge in [0, 0.05) is 50.2 Å². The Morgan fingerprint density at radius 2 is 0.968 bits per heavy atom. The number of fused-ring (bicyclic) bond motifs is 2. The number of nitrogens with two attached hydrogens (primary N) is 4. The molecule has 2 aliphatic rings. The van der Waals surface area contributed by atoms with Gasteiger partial charge in [-0.3, -0.25) is 58.8 Å². The van der Waals surface area contributed by atoms with Crippen LogP contribution >= 0.6 is 46.2 Å². The first-order valence-corrected chi connectivity index (χ1v) is 32.6. The molecule has 0 radical (unpaired) electrons. The normalized spacial score (nSPS) is 14.7. The number of nitrogens with zero attached hydrogens (tertiary/aromatic N) is 6. The second kappa shape index (κ2) is 42.2. The van der Waals surface area contributed by atoms with Gasteiger partial charge in [0.1, 0.15) is 38.8 Å². The van der Waals surface area contributed by atoms with Crippen LogP contribution in [0.3, 0.4) is 0 Å². The Bertz CT molecular complexity index is 3330. The quantitative estimate of drug-likeness (QED) is 0.00960. The largest absolute Gasteiger partial charge is 0.480 e. The Morgan fingerprint density at radius 1 is 0.553 bits per heavy atom. The molecule has 35 nitrogen and oxygen atoms in total. The average molecular weight is 1390 g/mol. The number of hydrogen-bond acceptors (Lipinski definition) is 26. The number of benzene rings is 2. The SMILES string of the molecule is COCCOCCOCC(=O)NCC(=O)NCC(=O)N[C@@H](CCCN=C(N)N)C(=O)Nc1ccc2nc(C3=N[C@@H](C(=O)O)CS3)sc2c1.COCCOCCOCNCC(=O)NCC(=O)N[C@@H](CCCN=C(N)N)C(=O)Nc1ccc2nc(C3=N[C@@H](C(=O)O)CS3)sc2c1. The number of thioether (sulfide) groups is 2. The van der Waals surface area contributed by atoms with Gasteiger partial charge >= 0.3 is 11.9 Å². The molecule has 0 unspecified atom stereocenters. The number of methoxy groups -OCH3 is 2. The Labute approximate surface area is 555 Å². The van der Waals surface area contributed by atoms with Crippen molar-refractivity contribution in [3.05, 3.63) is 46.4 Å². The van der Waals surface area contributed by atoms with Gasteiger partial charge in [0.2, 0.25) is 41.4 Å². The van der Waals surface area contributed by atoms with Gasteiger partial charge in [-0.25, -0.2) is 19.6 Å². The highest BCUT2D eigenvalue weighted by Gasteiger charge is 2.29. The van der Waals surface area contributed by atoms with Crippen molar-refractivity contribution in [2.75, 3.05) is 142 Å².